The molecule has 0 aromatic rings. The quantitative estimate of drug-likeness (QED) is 0.305. The van der Waals surface area contributed by atoms with E-state index in [9.17, 15) is 0 Å². The molecule has 40 valence electrons. The molecule has 0 rings (SSSR count). The van der Waals surface area contributed by atoms with Crippen molar-refractivity contribution in [2.45, 2.75) is 0 Å². The Balaban J connectivity index is 3.68. The summed E-state index contributed by atoms with van der Waals surface area (Å²) in [6.45, 7) is 0. The predicted octanol–water partition coefficient (Wildman–Crippen LogP) is -0.969. The summed E-state index contributed by atoms with van der Waals surface area (Å²) >= 11 is 4.41. The Bertz CT molecular complexity index is 103. The SMILES string of the molecule is NC(=S)C=C(N)N. The van der Waals surface area contributed by atoms with Crippen LogP contribution in [0.3, 0.4) is 0 Å². The number of hydrogen-bond donors (Lipinski definition) is 3. The summed E-state index contributed by atoms with van der Waals surface area (Å²) in [6, 6.07) is 0. The summed E-state index contributed by atoms with van der Waals surface area (Å²) in [7, 11) is 0. The lowest BCUT2D eigenvalue weighted by Gasteiger charge is -1.85. The van der Waals surface area contributed by atoms with Gasteiger partial charge in [0.2, 0.25) is 0 Å². The van der Waals surface area contributed by atoms with Gasteiger partial charge in [-0.05, 0) is 0 Å². The molecule has 0 atom stereocenters. The van der Waals surface area contributed by atoms with Gasteiger partial charge in [0.05, 0.1) is 10.8 Å². The molecule has 0 aliphatic rings. The van der Waals surface area contributed by atoms with Crippen LogP contribution in [0.15, 0.2) is 11.9 Å². The molecule has 0 heterocycles. The van der Waals surface area contributed by atoms with Gasteiger partial charge in [-0.1, -0.05) is 12.2 Å². The number of thiocarbonyl (C=S) groups is 1. The fourth-order valence-electron chi connectivity index (χ4n) is 0.164. The zero-order valence-electron chi connectivity index (χ0n) is 3.72. The number of rotatable bonds is 1. The van der Waals surface area contributed by atoms with E-state index in [-0.39, 0.29) is 10.8 Å². The van der Waals surface area contributed by atoms with Crippen molar-refractivity contribution < 1.29 is 0 Å². The lowest BCUT2D eigenvalue weighted by molar-refractivity contribution is 1.26. The van der Waals surface area contributed by atoms with Gasteiger partial charge >= 0.3 is 0 Å². The molecular formula is C3H7N3S. The van der Waals surface area contributed by atoms with E-state index in [0.717, 1.165) is 0 Å². The van der Waals surface area contributed by atoms with E-state index < -0.39 is 0 Å². The summed E-state index contributed by atoms with van der Waals surface area (Å²) in [6.07, 6.45) is 1.31. The van der Waals surface area contributed by atoms with Crippen LogP contribution in [-0.4, -0.2) is 4.99 Å². The van der Waals surface area contributed by atoms with Gasteiger partial charge < -0.3 is 17.2 Å². The van der Waals surface area contributed by atoms with E-state index >= 15 is 0 Å². The average molecular weight is 117 g/mol. The van der Waals surface area contributed by atoms with Gasteiger partial charge in [0.15, 0.2) is 0 Å². The molecular weight excluding hydrogens is 110 g/mol. The van der Waals surface area contributed by atoms with Crippen LogP contribution >= 0.6 is 12.2 Å². The molecule has 0 aliphatic heterocycles. The first-order chi connectivity index (χ1) is 3.13. The molecule has 0 spiro atoms. The van der Waals surface area contributed by atoms with Gasteiger partial charge in [0, 0.05) is 6.08 Å². The van der Waals surface area contributed by atoms with Crippen LogP contribution in [0.25, 0.3) is 0 Å². The van der Waals surface area contributed by atoms with E-state index in [1.807, 2.05) is 0 Å². The van der Waals surface area contributed by atoms with Crippen molar-refractivity contribution in [2.24, 2.45) is 17.2 Å². The summed E-state index contributed by atoms with van der Waals surface area (Å²) in [5, 5.41) is 0. The van der Waals surface area contributed by atoms with Crippen LogP contribution in [0.2, 0.25) is 0 Å². The first-order valence-corrected chi connectivity index (χ1v) is 2.06. The van der Waals surface area contributed by atoms with Crippen molar-refractivity contribution in [3.8, 4) is 0 Å². The largest absolute Gasteiger partial charge is 0.390 e. The van der Waals surface area contributed by atoms with Crippen LogP contribution in [0.4, 0.5) is 0 Å². The fourth-order valence-corrected chi connectivity index (χ4v) is 0.300. The highest BCUT2D eigenvalue weighted by Gasteiger charge is 1.77. The van der Waals surface area contributed by atoms with Crippen LogP contribution in [-0.2, 0) is 0 Å². The number of hydrogen-bond acceptors (Lipinski definition) is 3. The second kappa shape index (κ2) is 2.41. The molecule has 4 heteroatoms. The molecule has 0 saturated heterocycles. The average Bonchev–Trinajstić information content (AvgIpc) is 1.27. The van der Waals surface area contributed by atoms with Gasteiger partial charge in [0.1, 0.15) is 0 Å². The van der Waals surface area contributed by atoms with Crippen LogP contribution in [0, 0.1) is 0 Å². The van der Waals surface area contributed by atoms with E-state index in [0.29, 0.717) is 0 Å². The second-order valence-corrected chi connectivity index (χ2v) is 1.52. The van der Waals surface area contributed by atoms with Crippen molar-refractivity contribution in [1.29, 1.82) is 0 Å². The van der Waals surface area contributed by atoms with Gasteiger partial charge in [-0.2, -0.15) is 0 Å². The molecule has 0 aromatic heterocycles. The first-order valence-electron chi connectivity index (χ1n) is 1.65. The van der Waals surface area contributed by atoms with E-state index in [4.69, 9.17) is 17.2 Å². The van der Waals surface area contributed by atoms with Crippen LogP contribution in [0.5, 0.6) is 0 Å². The summed E-state index contributed by atoms with van der Waals surface area (Å²) in [5.41, 5.74) is 14.9. The summed E-state index contributed by atoms with van der Waals surface area (Å²) in [4.78, 5) is 0.208. The Kier molecular flexibility index (Phi) is 2.15. The van der Waals surface area contributed by atoms with Gasteiger partial charge in [0.25, 0.3) is 0 Å². The maximum absolute atomic E-state index is 4.99. The van der Waals surface area contributed by atoms with E-state index in [2.05, 4.69) is 12.2 Å². The smallest absolute Gasteiger partial charge is 0.0997 e. The summed E-state index contributed by atoms with van der Waals surface area (Å²) < 4.78 is 0. The Hall–Kier alpha value is -0.770. The third-order valence-corrected chi connectivity index (χ3v) is 0.427. The molecule has 3 nitrogen and oxygen atoms in total. The molecule has 0 fully saturated rings. The van der Waals surface area contributed by atoms with Crippen molar-refractivity contribution >= 4 is 17.2 Å². The Morgan fingerprint density at radius 2 is 1.71 bits per heavy atom. The van der Waals surface area contributed by atoms with Gasteiger partial charge in [-0.25, -0.2) is 0 Å². The highest BCUT2D eigenvalue weighted by atomic mass is 32.1. The molecule has 0 unspecified atom stereocenters. The van der Waals surface area contributed by atoms with Crippen molar-refractivity contribution in [2.75, 3.05) is 0 Å². The first kappa shape index (κ1) is 6.23. The molecule has 0 aliphatic carbocycles. The van der Waals surface area contributed by atoms with Crippen molar-refractivity contribution in [3.05, 3.63) is 11.9 Å². The lowest BCUT2D eigenvalue weighted by atomic mass is 10.6. The Labute approximate surface area is 47.2 Å². The molecule has 0 bridgehead atoms. The van der Waals surface area contributed by atoms with Gasteiger partial charge in [-0.3, -0.25) is 0 Å². The molecule has 7 heavy (non-hydrogen) atoms. The monoisotopic (exact) mass is 117 g/mol. The third-order valence-electron chi connectivity index (χ3n) is 0.309. The molecule has 6 N–H and O–H groups in total. The van der Waals surface area contributed by atoms with E-state index in [1.54, 1.807) is 0 Å². The molecule has 0 radical (unpaired) electrons. The van der Waals surface area contributed by atoms with Crippen LogP contribution < -0.4 is 17.2 Å². The minimum absolute atomic E-state index is 0.146. The van der Waals surface area contributed by atoms with Crippen molar-refractivity contribution in [3.63, 3.8) is 0 Å². The maximum atomic E-state index is 4.99. The van der Waals surface area contributed by atoms with E-state index in [1.165, 1.54) is 6.08 Å². The lowest BCUT2D eigenvalue weighted by Crippen LogP contribution is -2.13. The molecule has 0 amide bonds. The van der Waals surface area contributed by atoms with Crippen molar-refractivity contribution in [1.82, 2.24) is 0 Å². The highest BCUT2D eigenvalue weighted by Crippen LogP contribution is 1.69. The highest BCUT2D eigenvalue weighted by molar-refractivity contribution is 7.80. The fraction of sp³-hybridized carbons (Fsp3) is 0. The normalized spacial score (nSPS) is 7.43. The number of nitrogens with two attached hydrogens (primary N) is 3. The second-order valence-electron chi connectivity index (χ2n) is 1.05. The Morgan fingerprint density at radius 3 is 1.71 bits per heavy atom. The third kappa shape index (κ3) is 5.23. The van der Waals surface area contributed by atoms with Gasteiger partial charge in [-0.15, -0.1) is 0 Å². The zero-order valence-corrected chi connectivity index (χ0v) is 4.53. The zero-order chi connectivity index (χ0) is 5.86. The summed E-state index contributed by atoms with van der Waals surface area (Å²) in [5.74, 6) is 0.146. The minimum Gasteiger partial charge on any atom is -0.390 e. The predicted molar refractivity (Wildman–Crippen MR) is 33.2 cm³/mol. The topological polar surface area (TPSA) is 78.1 Å². The standard InChI is InChI=1S/C3H7N3S/c4-2(5)1-3(6)7/h1H,4-5H2,(H2,6,7). The minimum atomic E-state index is 0.146. The molecule has 0 aromatic carbocycles. The maximum Gasteiger partial charge on any atom is 0.0997 e. The Morgan fingerprint density at radius 1 is 1.29 bits per heavy atom. The molecule has 0 saturated carbocycles. The van der Waals surface area contributed by atoms with Crippen LogP contribution in [0.1, 0.15) is 0 Å².